The quantitative estimate of drug-likeness (QED) is 0.360. The van der Waals surface area contributed by atoms with Gasteiger partial charge in [-0.1, -0.05) is 48.2 Å². The zero-order valence-electron chi connectivity index (χ0n) is 14.5. The van der Waals surface area contributed by atoms with Crippen LogP contribution < -0.4 is 5.32 Å². The number of nitrogens with zero attached hydrogens (tertiary/aromatic N) is 3. The maximum absolute atomic E-state index is 4.44. The van der Waals surface area contributed by atoms with Crippen molar-refractivity contribution in [3.63, 3.8) is 0 Å². The van der Waals surface area contributed by atoms with E-state index in [9.17, 15) is 0 Å². The van der Waals surface area contributed by atoms with Crippen LogP contribution in [0.25, 0.3) is 5.57 Å². The Morgan fingerprint density at radius 2 is 2.24 bits per heavy atom. The van der Waals surface area contributed by atoms with E-state index in [0.29, 0.717) is 0 Å². The summed E-state index contributed by atoms with van der Waals surface area (Å²) < 4.78 is 1.15. The van der Waals surface area contributed by atoms with Gasteiger partial charge in [-0.15, -0.1) is 11.3 Å². The highest BCUT2D eigenvalue weighted by Crippen LogP contribution is 2.22. The highest BCUT2D eigenvalue weighted by Gasteiger charge is 2.15. The molecule has 6 heteroatoms. The summed E-state index contributed by atoms with van der Waals surface area (Å²) in [5, 5.41) is 5.51. The maximum Gasteiger partial charge on any atom is 0.193 e. The highest BCUT2D eigenvalue weighted by atomic mass is 32.2. The Bertz CT molecular complexity index is 695. The van der Waals surface area contributed by atoms with Gasteiger partial charge in [0.25, 0.3) is 0 Å². The fourth-order valence-electron chi connectivity index (χ4n) is 2.82. The van der Waals surface area contributed by atoms with E-state index in [1.54, 1.807) is 11.3 Å². The molecule has 0 saturated heterocycles. The molecule has 132 valence electrons. The van der Waals surface area contributed by atoms with Gasteiger partial charge in [-0.25, -0.2) is 4.98 Å². The lowest BCUT2D eigenvalue weighted by Crippen LogP contribution is -2.43. The molecule has 0 amide bonds. The van der Waals surface area contributed by atoms with E-state index in [0.717, 1.165) is 48.5 Å². The van der Waals surface area contributed by atoms with Gasteiger partial charge in [-0.2, -0.15) is 0 Å². The third-order valence-corrected chi connectivity index (χ3v) is 6.16. The number of guanidine groups is 1. The van der Waals surface area contributed by atoms with Gasteiger partial charge >= 0.3 is 0 Å². The molecule has 25 heavy (non-hydrogen) atoms. The molecule has 1 N–H and O–H groups in total. The van der Waals surface area contributed by atoms with Gasteiger partial charge in [0, 0.05) is 44.0 Å². The molecule has 1 aliphatic heterocycles. The van der Waals surface area contributed by atoms with Crippen LogP contribution in [0.1, 0.15) is 18.4 Å². The van der Waals surface area contributed by atoms with Gasteiger partial charge in [-0.3, -0.25) is 4.99 Å². The third kappa shape index (κ3) is 5.34. The van der Waals surface area contributed by atoms with Crippen molar-refractivity contribution in [2.24, 2.45) is 4.99 Å². The number of thioether (sulfide) groups is 1. The van der Waals surface area contributed by atoms with Crippen molar-refractivity contribution >= 4 is 34.6 Å². The first-order chi connectivity index (χ1) is 12.4. The molecule has 1 aromatic heterocycles. The summed E-state index contributed by atoms with van der Waals surface area (Å²) in [5.74, 6) is 2.08. The van der Waals surface area contributed by atoms with Crippen LogP contribution in [0.4, 0.5) is 0 Å². The standard InChI is InChI=1S/C19H24N4S2/c1-20-18(21-10-5-14-24-19-22-11-15-25-19)23-12-8-17(9-13-23)16-6-3-2-4-7-16/h2-4,6-8,11,15H,5,9-10,12-14H2,1H3,(H,20,21). The number of hydrogen-bond donors (Lipinski definition) is 1. The van der Waals surface area contributed by atoms with E-state index < -0.39 is 0 Å². The van der Waals surface area contributed by atoms with Crippen molar-refractivity contribution in [3.8, 4) is 0 Å². The lowest BCUT2D eigenvalue weighted by molar-refractivity contribution is 0.440. The number of aromatic nitrogens is 1. The molecule has 2 heterocycles. The molecular weight excluding hydrogens is 348 g/mol. The molecule has 1 aromatic carbocycles. The molecular formula is C19H24N4S2. The zero-order chi connectivity index (χ0) is 17.3. The summed E-state index contributed by atoms with van der Waals surface area (Å²) in [6, 6.07) is 10.7. The second-order valence-electron chi connectivity index (χ2n) is 5.77. The SMILES string of the molecule is CN=C(NCCCSc1nccs1)N1CC=C(c2ccccc2)CC1. The largest absolute Gasteiger partial charge is 0.356 e. The molecule has 3 rings (SSSR count). The van der Waals surface area contributed by atoms with Crippen molar-refractivity contribution in [2.75, 3.05) is 32.4 Å². The predicted molar refractivity (Wildman–Crippen MR) is 109 cm³/mol. The van der Waals surface area contributed by atoms with E-state index in [-0.39, 0.29) is 0 Å². The lowest BCUT2D eigenvalue weighted by atomic mass is 10.00. The van der Waals surface area contributed by atoms with Crippen LogP contribution in [0.15, 0.2) is 57.3 Å². The number of rotatable bonds is 6. The van der Waals surface area contributed by atoms with Crippen molar-refractivity contribution in [1.82, 2.24) is 15.2 Å². The molecule has 4 nitrogen and oxygen atoms in total. The van der Waals surface area contributed by atoms with E-state index >= 15 is 0 Å². The van der Waals surface area contributed by atoms with Crippen molar-refractivity contribution in [1.29, 1.82) is 0 Å². The molecule has 0 unspecified atom stereocenters. The minimum absolute atomic E-state index is 0.914. The molecule has 0 aliphatic carbocycles. The molecule has 0 atom stereocenters. The predicted octanol–water partition coefficient (Wildman–Crippen LogP) is 3.99. The minimum atomic E-state index is 0.914. The Labute approximate surface area is 158 Å². The van der Waals surface area contributed by atoms with Crippen LogP contribution in [0.5, 0.6) is 0 Å². The Kier molecular flexibility index (Phi) is 6.94. The Hall–Kier alpha value is -1.79. The van der Waals surface area contributed by atoms with E-state index in [2.05, 4.69) is 56.6 Å². The number of aliphatic imine (C=N–C) groups is 1. The van der Waals surface area contributed by atoms with Crippen molar-refractivity contribution in [2.45, 2.75) is 17.2 Å². The Balaban J connectivity index is 1.42. The molecule has 1 aliphatic rings. The second-order valence-corrected chi connectivity index (χ2v) is 8.00. The number of hydrogen-bond acceptors (Lipinski definition) is 4. The van der Waals surface area contributed by atoms with Crippen LogP contribution in [-0.4, -0.2) is 48.3 Å². The molecule has 0 radical (unpaired) electrons. The smallest absolute Gasteiger partial charge is 0.193 e. The van der Waals surface area contributed by atoms with Crippen molar-refractivity contribution < 1.29 is 0 Å². The number of nitrogens with one attached hydrogen (secondary N) is 1. The molecule has 0 spiro atoms. The van der Waals surface area contributed by atoms with Crippen LogP contribution >= 0.6 is 23.1 Å². The summed E-state index contributed by atoms with van der Waals surface area (Å²) in [7, 11) is 1.86. The summed E-state index contributed by atoms with van der Waals surface area (Å²) in [4.78, 5) is 11.1. The van der Waals surface area contributed by atoms with Crippen LogP contribution in [0, 0.1) is 0 Å². The van der Waals surface area contributed by atoms with E-state index in [1.807, 2.05) is 30.4 Å². The van der Waals surface area contributed by atoms with Crippen LogP contribution in [0.3, 0.4) is 0 Å². The third-order valence-electron chi connectivity index (χ3n) is 4.10. The van der Waals surface area contributed by atoms with Crippen molar-refractivity contribution in [3.05, 3.63) is 53.5 Å². The summed E-state index contributed by atoms with van der Waals surface area (Å²) in [6.45, 7) is 2.86. The summed E-state index contributed by atoms with van der Waals surface area (Å²) >= 11 is 3.53. The van der Waals surface area contributed by atoms with Gasteiger partial charge < -0.3 is 10.2 Å². The number of benzene rings is 1. The Morgan fingerprint density at radius 3 is 2.92 bits per heavy atom. The van der Waals surface area contributed by atoms with Crippen LogP contribution in [-0.2, 0) is 0 Å². The lowest BCUT2D eigenvalue weighted by Gasteiger charge is -2.29. The van der Waals surface area contributed by atoms with Crippen LogP contribution in [0.2, 0.25) is 0 Å². The molecule has 0 saturated carbocycles. The fourth-order valence-corrected chi connectivity index (χ4v) is 4.47. The van der Waals surface area contributed by atoms with Gasteiger partial charge in [0.2, 0.25) is 0 Å². The van der Waals surface area contributed by atoms with Gasteiger partial charge in [-0.05, 0) is 24.0 Å². The highest BCUT2D eigenvalue weighted by molar-refractivity contribution is 8.00. The first kappa shape index (κ1) is 18.0. The molecule has 0 fully saturated rings. The van der Waals surface area contributed by atoms with E-state index in [1.165, 1.54) is 11.1 Å². The zero-order valence-corrected chi connectivity index (χ0v) is 16.2. The summed E-state index contributed by atoms with van der Waals surface area (Å²) in [5.41, 5.74) is 2.77. The fraction of sp³-hybridized carbons (Fsp3) is 0.368. The second kappa shape index (κ2) is 9.63. The average Bonchev–Trinajstić information content (AvgIpc) is 3.19. The minimum Gasteiger partial charge on any atom is -0.356 e. The maximum atomic E-state index is 4.44. The normalized spacial score (nSPS) is 15.2. The summed E-state index contributed by atoms with van der Waals surface area (Å²) in [6.07, 6.45) is 6.34. The molecule has 2 aromatic rings. The van der Waals surface area contributed by atoms with Gasteiger partial charge in [0.15, 0.2) is 5.96 Å². The number of thiazole rings is 1. The van der Waals surface area contributed by atoms with Gasteiger partial charge in [0.1, 0.15) is 4.34 Å². The topological polar surface area (TPSA) is 40.5 Å². The van der Waals surface area contributed by atoms with E-state index in [4.69, 9.17) is 0 Å². The first-order valence-corrected chi connectivity index (χ1v) is 10.5. The van der Waals surface area contributed by atoms with Gasteiger partial charge in [0.05, 0.1) is 0 Å². The first-order valence-electron chi connectivity index (χ1n) is 8.59. The monoisotopic (exact) mass is 372 g/mol. The average molecular weight is 373 g/mol. The molecule has 0 bridgehead atoms. The Morgan fingerprint density at radius 1 is 1.36 bits per heavy atom.